The van der Waals surface area contributed by atoms with Crippen LogP contribution < -0.4 is 15.2 Å². The highest BCUT2D eigenvalue weighted by Gasteiger charge is 2.18. The number of nitrogens with zero attached hydrogens (tertiary/aromatic N) is 1. The van der Waals surface area contributed by atoms with Crippen LogP contribution in [0, 0.1) is 0 Å². The van der Waals surface area contributed by atoms with E-state index in [2.05, 4.69) is 4.90 Å². The molecule has 0 aromatic heterocycles. The van der Waals surface area contributed by atoms with Gasteiger partial charge in [-0.1, -0.05) is 11.6 Å². The van der Waals surface area contributed by atoms with E-state index >= 15 is 0 Å². The molecule has 1 aromatic carbocycles. The molecule has 1 aromatic rings. The topological polar surface area (TPSA) is 47.7 Å². The van der Waals surface area contributed by atoms with Crippen molar-refractivity contribution < 1.29 is 9.47 Å². The maximum atomic E-state index is 6.35. The van der Waals surface area contributed by atoms with Crippen molar-refractivity contribution in [3.05, 3.63) is 22.7 Å². The largest absolute Gasteiger partial charge is 0.490 e. The van der Waals surface area contributed by atoms with Crippen molar-refractivity contribution >= 4 is 11.6 Å². The molecule has 4 nitrogen and oxygen atoms in total. The van der Waals surface area contributed by atoms with Gasteiger partial charge in [0, 0.05) is 12.6 Å². The number of hydrogen-bond donors (Lipinski definition) is 1. The minimum atomic E-state index is 0.351. The zero-order valence-corrected chi connectivity index (χ0v) is 13.7. The number of benzene rings is 1. The molecule has 5 heteroatoms. The van der Waals surface area contributed by atoms with E-state index in [1.54, 1.807) is 0 Å². The molecule has 0 unspecified atom stereocenters. The molecule has 2 rings (SSSR count). The van der Waals surface area contributed by atoms with Gasteiger partial charge in [-0.3, -0.25) is 4.90 Å². The monoisotopic (exact) mass is 312 g/mol. The van der Waals surface area contributed by atoms with E-state index in [0.29, 0.717) is 30.0 Å². The van der Waals surface area contributed by atoms with Crippen molar-refractivity contribution in [2.45, 2.75) is 39.3 Å². The molecule has 21 heavy (non-hydrogen) atoms. The summed E-state index contributed by atoms with van der Waals surface area (Å²) in [5, 5.41) is 0.617. The number of hydrogen-bond acceptors (Lipinski definition) is 4. The molecule has 0 amide bonds. The third kappa shape index (κ3) is 4.50. The summed E-state index contributed by atoms with van der Waals surface area (Å²) in [6.45, 7) is 8.02. The molecule has 0 atom stereocenters. The van der Waals surface area contributed by atoms with Crippen LogP contribution in [0.1, 0.15) is 32.3 Å². The highest BCUT2D eigenvalue weighted by atomic mass is 35.5. The zero-order valence-electron chi connectivity index (χ0n) is 12.9. The lowest BCUT2D eigenvalue weighted by Crippen LogP contribution is -2.39. The quantitative estimate of drug-likeness (QED) is 0.877. The minimum Gasteiger partial charge on any atom is -0.490 e. The maximum absolute atomic E-state index is 6.35. The smallest absolute Gasteiger partial charge is 0.179 e. The second kappa shape index (κ2) is 7.87. The second-order valence-corrected chi connectivity index (χ2v) is 5.79. The Hall–Kier alpha value is -0.970. The fourth-order valence-electron chi connectivity index (χ4n) is 2.63. The first kappa shape index (κ1) is 16.4. The van der Waals surface area contributed by atoms with Crippen molar-refractivity contribution in [1.29, 1.82) is 0 Å². The molecule has 0 saturated carbocycles. The summed E-state index contributed by atoms with van der Waals surface area (Å²) < 4.78 is 11.3. The summed E-state index contributed by atoms with van der Waals surface area (Å²) >= 11 is 6.35. The Morgan fingerprint density at radius 2 is 1.86 bits per heavy atom. The zero-order chi connectivity index (χ0) is 15.2. The molecular weight excluding hydrogens is 288 g/mol. The Kier molecular flexibility index (Phi) is 6.15. The number of rotatable bonds is 6. The Balaban J connectivity index is 2.12. The van der Waals surface area contributed by atoms with Gasteiger partial charge in [0.15, 0.2) is 11.5 Å². The molecule has 1 aliphatic rings. The third-order valence-corrected chi connectivity index (χ3v) is 3.98. The van der Waals surface area contributed by atoms with Crippen LogP contribution in [-0.4, -0.2) is 37.2 Å². The Labute approximate surface area is 132 Å². The molecule has 1 heterocycles. The summed E-state index contributed by atoms with van der Waals surface area (Å²) in [7, 11) is 0. The first-order valence-electron chi connectivity index (χ1n) is 7.70. The highest BCUT2D eigenvalue weighted by molar-refractivity contribution is 6.32. The third-order valence-electron chi connectivity index (χ3n) is 3.70. The molecule has 0 radical (unpaired) electrons. The summed E-state index contributed by atoms with van der Waals surface area (Å²) in [5.41, 5.74) is 7.10. The van der Waals surface area contributed by atoms with Gasteiger partial charge in [-0.2, -0.15) is 0 Å². The molecule has 2 N–H and O–H groups in total. The van der Waals surface area contributed by atoms with Gasteiger partial charge in [0.25, 0.3) is 0 Å². The van der Waals surface area contributed by atoms with Crippen LogP contribution in [0.2, 0.25) is 5.02 Å². The fourth-order valence-corrected chi connectivity index (χ4v) is 2.92. The van der Waals surface area contributed by atoms with Crippen LogP contribution in [-0.2, 0) is 6.54 Å². The van der Waals surface area contributed by atoms with Crippen LogP contribution >= 0.6 is 11.6 Å². The van der Waals surface area contributed by atoms with Crippen molar-refractivity contribution in [3.63, 3.8) is 0 Å². The van der Waals surface area contributed by atoms with Gasteiger partial charge in [-0.25, -0.2) is 0 Å². The minimum absolute atomic E-state index is 0.351. The van der Waals surface area contributed by atoms with Crippen LogP contribution in [0.5, 0.6) is 11.5 Å². The predicted octanol–water partition coefficient (Wildman–Crippen LogP) is 3.06. The van der Waals surface area contributed by atoms with Crippen LogP contribution in [0.15, 0.2) is 12.1 Å². The highest BCUT2D eigenvalue weighted by Crippen LogP contribution is 2.37. The van der Waals surface area contributed by atoms with Crippen LogP contribution in [0.4, 0.5) is 0 Å². The molecule has 0 bridgehead atoms. The van der Waals surface area contributed by atoms with Gasteiger partial charge in [0.05, 0.1) is 18.2 Å². The van der Waals surface area contributed by atoms with Gasteiger partial charge in [0.2, 0.25) is 0 Å². The first-order chi connectivity index (χ1) is 10.1. The average Bonchev–Trinajstić information content (AvgIpc) is 2.45. The normalized spacial score (nSPS) is 17.0. The van der Waals surface area contributed by atoms with Gasteiger partial charge in [-0.05, 0) is 57.5 Å². The van der Waals surface area contributed by atoms with E-state index in [1.165, 1.54) is 0 Å². The van der Waals surface area contributed by atoms with E-state index in [4.69, 9.17) is 26.8 Å². The first-order valence-corrected chi connectivity index (χ1v) is 8.07. The standard InChI is InChI=1S/C16H25ClN2O2/c1-3-20-15-10-12(9-14(17)16(15)21-4-2)11-19-7-5-13(18)6-8-19/h9-10,13H,3-8,11,18H2,1-2H3. The molecular formula is C16H25ClN2O2. The summed E-state index contributed by atoms with van der Waals surface area (Å²) in [4.78, 5) is 2.41. The molecule has 1 aliphatic heterocycles. The van der Waals surface area contributed by atoms with Crippen LogP contribution in [0.3, 0.4) is 0 Å². The predicted molar refractivity (Wildman–Crippen MR) is 86.3 cm³/mol. The second-order valence-electron chi connectivity index (χ2n) is 5.38. The van der Waals surface area contributed by atoms with E-state index in [-0.39, 0.29) is 0 Å². The lowest BCUT2D eigenvalue weighted by atomic mass is 10.1. The summed E-state index contributed by atoms with van der Waals surface area (Å²) in [6, 6.07) is 4.36. The lowest BCUT2D eigenvalue weighted by molar-refractivity contribution is 0.205. The van der Waals surface area contributed by atoms with Gasteiger partial charge >= 0.3 is 0 Å². The van der Waals surface area contributed by atoms with Crippen molar-refractivity contribution in [3.8, 4) is 11.5 Å². The number of piperidine rings is 1. The van der Waals surface area contributed by atoms with Gasteiger partial charge < -0.3 is 15.2 Å². The lowest BCUT2D eigenvalue weighted by Gasteiger charge is -2.30. The fraction of sp³-hybridized carbons (Fsp3) is 0.625. The Morgan fingerprint density at radius 3 is 2.48 bits per heavy atom. The average molecular weight is 313 g/mol. The van der Waals surface area contributed by atoms with Crippen LogP contribution in [0.25, 0.3) is 0 Å². The molecule has 118 valence electrons. The number of ether oxygens (including phenoxy) is 2. The van der Waals surface area contributed by atoms with Crippen molar-refractivity contribution in [1.82, 2.24) is 4.90 Å². The molecule has 1 fully saturated rings. The van der Waals surface area contributed by atoms with E-state index in [9.17, 15) is 0 Å². The number of likely N-dealkylation sites (tertiary alicyclic amines) is 1. The summed E-state index contributed by atoms with van der Waals surface area (Å²) in [6.07, 6.45) is 2.12. The summed E-state index contributed by atoms with van der Waals surface area (Å²) in [5.74, 6) is 1.38. The van der Waals surface area contributed by atoms with Crippen molar-refractivity contribution in [2.24, 2.45) is 5.73 Å². The SMILES string of the molecule is CCOc1cc(CN2CCC(N)CC2)cc(Cl)c1OCC. The molecule has 0 spiro atoms. The number of nitrogens with two attached hydrogens (primary N) is 1. The van der Waals surface area contributed by atoms with E-state index in [0.717, 1.165) is 43.8 Å². The Morgan fingerprint density at radius 1 is 1.19 bits per heavy atom. The molecule has 0 aliphatic carbocycles. The Bertz CT molecular complexity index is 460. The van der Waals surface area contributed by atoms with Gasteiger partial charge in [0.1, 0.15) is 0 Å². The van der Waals surface area contributed by atoms with E-state index < -0.39 is 0 Å². The number of halogens is 1. The maximum Gasteiger partial charge on any atom is 0.179 e. The van der Waals surface area contributed by atoms with Crippen molar-refractivity contribution in [2.75, 3.05) is 26.3 Å². The molecule has 1 saturated heterocycles. The van der Waals surface area contributed by atoms with E-state index in [1.807, 2.05) is 26.0 Å². The van der Waals surface area contributed by atoms with Gasteiger partial charge in [-0.15, -0.1) is 0 Å².